The van der Waals surface area contributed by atoms with Crippen LogP contribution < -0.4 is 5.32 Å². The molecule has 1 atom stereocenters. The van der Waals surface area contributed by atoms with Crippen molar-refractivity contribution in [2.24, 2.45) is 0 Å². The number of anilines is 1. The minimum absolute atomic E-state index is 0.156. The quantitative estimate of drug-likeness (QED) is 0.752. The van der Waals surface area contributed by atoms with Gasteiger partial charge in [0.2, 0.25) is 0 Å². The number of oxazole rings is 1. The van der Waals surface area contributed by atoms with Crippen molar-refractivity contribution in [1.29, 1.82) is 0 Å². The van der Waals surface area contributed by atoms with Gasteiger partial charge in [-0.05, 0) is 19.1 Å². The number of nitrogens with one attached hydrogen (secondary N) is 1. The van der Waals surface area contributed by atoms with Crippen molar-refractivity contribution >= 4 is 17.1 Å². The minimum Gasteiger partial charge on any atom is -0.424 e. The van der Waals surface area contributed by atoms with Crippen molar-refractivity contribution in [3.63, 3.8) is 0 Å². The Hall–Kier alpha value is -1.77. The molecule has 1 N–H and O–H groups in total. The molecule has 14 heavy (non-hydrogen) atoms. The van der Waals surface area contributed by atoms with Gasteiger partial charge in [0, 0.05) is 6.04 Å². The molecule has 0 aliphatic carbocycles. The molecule has 1 heterocycles. The Balaban J connectivity index is 2.31. The predicted molar refractivity (Wildman–Crippen MR) is 57.3 cm³/mol. The summed E-state index contributed by atoms with van der Waals surface area (Å²) in [6.45, 7) is 5.67. The van der Waals surface area contributed by atoms with Gasteiger partial charge < -0.3 is 9.73 Å². The first kappa shape index (κ1) is 8.81. The average molecular weight is 188 g/mol. The highest BCUT2D eigenvalue weighted by Gasteiger charge is 2.05. The van der Waals surface area contributed by atoms with E-state index in [2.05, 4.69) is 16.9 Å². The maximum absolute atomic E-state index is 5.47. The highest BCUT2D eigenvalue weighted by molar-refractivity contribution is 5.74. The van der Waals surface area contributed by atoms with E-state index in [0.29, 0.717) is 6.01 Å². The topological polar surface area (TPSA) is 38.1 Å². The lowest BCUT2D eigenvalue weighted by Crippen LogP contribution is -2.11. The van der Waals surface area contributed by atoms with Crippen molar-refractivity contribution in [2.75, 3.05) is 5.32 Å². The fraction of sp³-hybridized carbons (Fsp3) is 0.182. The van der Waals surface area contributed by atoms with Crippen molar-refractivity contribution in [2.45, 2.75) is 13.0 Å². The molecule has 0 spiro atoms. The fourth-order valence-corrected chi connectivity index (χ4v) is 1.19. The van der Waals surface area contributed by atoms with Gasteiger partial charge in [0.05, 0.1) is 0 Å². The van der Waals surface area contributed by atoms with Crippen molar-refractivity contribution in [3.05, 3.63) is 36.9 Å². The molecule has 3 nitrogen and oxygen atoms in total. The van der Waals surface area contributed by atoms with Crippen LogP contribution in [-0.2, 0) is 0 Å². The van der Waals surface area contributed by atoms with Gasteiger partial charge in [0.25, 0.3) is 6.01 Å². The van der Waals surface area contributed by atoms with E-state index in [1.54, 1.807) is 6.08 Å². The van der Waals surface area contributed by atoms with Crippen LogP contribution in [0.4, 0.5) is 6.01 Å². The SMILES string of the molecule is C=CC(C)Nc1nc2ccccc2o1. The normalized spacial score (nSPS) is 12.6. The summed E-state index contributed by atoms with van der Waals surface area (Å²) in [7, 11) is 0. The Kier molecular flexibility index (Phi) is 2.23. The Labute approximate surface area is 82.4 Å². The van der Waals surface area contributed by atoms with E-state index >= 15 is 0 Å². The zero-order valence-corrected chi connectivity index (χ0v) is 8.03. The molecule has 1 aromatic carbocycles. The second-order valence-corrected chi connectivity index (χ2v) is 3.16. The van der Waals surface area contributed by atoms with E-state index < -0.39 is 0 Å². The van der Waals surface area contributed by atoms with E-state index in [9.17, 15) is 0 Å². The van der Waals surface area contributed by atoms with E-state index in [-0.39, 0.29) is 6.04 Å². The van der Waals surface area contributed by atoms with Gasteiger partial charge in [0.15, 0.2) is 5.58 Å². The van der Waals surface area contributed by atoms with Gasteiger partial charge >= 0.3 is 0 Å². The highest BCUT2D eigenvalue weighted by atomic mass is 16.4. The average Bonchev–Trinajstić information content (AvgIpc) is 2.59. The van der Waals surface area contributed by atoms with Crippen LogP contribution in [-0.4, -0.2) is 11.0 Å². The predicted octanol–water partition coefficient (Wildman–Crippen LogP) is 2.81. The Morgan fingerprint density at radius 1 is 1.50 bits per heavy atom. The van der Waals surface area contributed by atoms with E-state index in [1.807, 2.05) is 31.2 Å². The fourth-order valence-electron chi connectivity index (χ4n) is 1.19. The van der Waals surface area contributed by atoms with Gasteiger partial charge in [-0.2, -0.15) is 4.98 Å². The summed E-state index contributed by atoms with van der Waals surface area (Å²) in [5, 5.41) is 3.09. The van der Waals surface area contributed by atoms with Crippen LogP contribution >= 0.6 is 0 Å². The maximum Gasteiger partial charge on any atom is 0.296 e. The third-order valence-electron chi connectivity index (χ3n) is 2.00. The Bertz CT molecular complexity index is 414. The van der Waals surface area contributed by atoms with Crippen LogP contribution in [0.1, 0.15) is 6.92 Å². The monoisotopic (exact) mass is 188 g/mol. The first-order valence-corrected chi connectivity index (χ1v) is 4.54. The summed E-state index contributed by atoms with van der Waals surface area (Å²) < 4.78 is 5.47. The van der Waals surface area contributed by atoms with E-state index in [1.165, 1.54) is 0 Å². The van der Waals surface area contributed by atoms with Gasteiger partial charge in [-0.1, -0.05) is 18.2 Å². The van der Waals surface area contributed by atoms with Crippen molar-refractivity contribution in [1.82, 2.24) is 4.98 Å². The van der Waals surface area contributed by atoms with Crippen LogP contribution in [0.5, 0.6) is 0 Å². The number of benzene rings is 1. The molecular weight excluding hydrogens is 176 g/mol. The third kappa shape index (κ3) is 1.62. The molecule has 0 saturated heterocycles. The van der Waals surface area contributed by atoms with Crippen LogP contribution in [0.3, 0.4) is 0 Å². The Morgan fingerprint density at radius 2 is 2.29 bits per heavy atom. The summed E-state index contributed by atoms with van der Waals surface area (Å²) in [4.78, 5) is 4.28. The molecule has 0 fully saturated rings. The van der Waals surface area contributed by atoms with Crippen molar-refractivity contribution < 1.29 is 4.42 Å². The highest BCUT2D eigenvalue weighted by Crippen LogP contribution is 2.18. The lowest BCUT2D eigenvalue weighted by Gasteiger charge is -2.04. The minimum atomic E-state index is 0.156. The second-order valence-electron chi connectivity index (χ2n) is 3.16. The molecule has 0 amide bonds. The molecule has 2 aromatic rings. The summed E-state index contributed by atoms with van der Waals surface area (Å²) in [6.07, 6.45) is 1.80. The number of fused-ring (bicyclic) bond motifs is 1. The first-order valence-electron chi connectivity index (χ1n) is 4.54. The molecule has 1 aromatic heterocycles. The maximum atomic E-state index is 5.47. The summed E-state index contributed by atoms with van der Waals surface area (Å²) in [6, 6.07) is 8.37. The largest absolute Gasteiger partial charge is 0.424 e. The Morgan fingerprint density at radius 3 is 3.00 bits per heavy atom. The van der Waals surface area contributed by atoms with Crippen LogP contribution in [0.2, 0.25) is 0 Å². The molecule has 0 aliphatic heterocycles. The lowest BCUT2D eigenvalue weighted by atomic mass is 10.3. The van der Waals surface area contributed by atoms with Gasteiger partial charge in [-0.3, -0.25) is 0 Å². The molecule has 0 radical (unpaired) electrons. The molecule has 2 rings (SSSR count). The molecule has 1 unspecified atom stereocenters. The third-order valence-corrected chi connectivity index (χ3v) is 2.00. The number of nitrogens with zero attached hydrogens (tertiary/aromatic N) is 1. The van der Waals surface area contributed by atoms with Crippen molar-refractivity contribution in [3.8, 4) is 0 Å². The molecule has 0 bridgehead atoms. The second kappa shape index (κ2) is 3.54. The number of hydrogen-bond acceptors (Lipinski definition) is 3. The molecule has 3 heteroatoms. The molecule has 0 saturated carbocycles. The molecule has 72 valence electrons. The van der Waals surface area contributed by atoms with Crippen LogP contribution in [0, 0.1) is 0 Å². The van der Waals surface area contributed by atoms with Gasteiger partial charge in [-0.25, -0.2) is 0 Å². The number of aromatic nitrogens is 1. The van der Waals surface area contributed by atoms with Crippen LogP contribution in [0.15, 0.2) is 41.3 Å². The van der Waals surface area contributed by atoms with E-state index in [0.717, 1.165) is 11.1 Å². The van der Waals surface area contributed by atoms with E-state index in [4.69, 9.17) is 4.42 Å². The summed E-state index contributed by atoms with van der Waals surface area (Å²) in [5.41, 5.74) is 1.66. The lowest BCUT2D eigenvalue weighted by molar-refractivity contribution is 0.610. The smallest absolute Gasteiger partial charge is 0.296 e. The molecular formula is C11H12N2O. The molecule has 0 aliphatic rings. The number of rotatable bonds is 3. The standard InChI is InChI=1S/C11H12N2O/c1-3-8(2)12-11-13-9-6-4-5-7-10(9)14-11/h3-8H,1H2,2H3,(H,12,13). The summed E-state index contributed by atoms with van der Waals surface area (Å²) >= 11 is 0. The first-order chi connectivity index (χ1) is 6.79. The van der Waals surface area contributed by atoms with Crippen LogP contribution in [0.25, 0.3) is 11.1 Å². The zero-order chi connectivity index (χ0) is 9.97. The number of para-hydroxylation sites is 2. The number of hydrogen-bond donors (Lipinski definition) is 1. The van der Waals surface area contributed by atoms with Gasteiger partial charge in [0.1, 0.15) is 5.52 Å². The zero-order valence-electron chi connectivity index (χ0n) is 8.03. The summed E-state index contributed by atoms with van der Waals surface area (Å²) in [5.74, 6) is 0. The van der Waals surface area contributed by atoms with Gasteiger partial charge in [-0.15, -0.1) is 6.58 Å².